The molecule has 1 aliphatic carbocycles. The van der Waals surface area contributed by atoms with Crippen LogP contribution in [0.15, 0.2) is 18.2 Å². The highest BCUT2D eigenvalue weighted by atomic mass is 16.2. The second-order valence-corrected chi connectivity index (χ2v) is 7.18. The third-order valence-electron chi connectivity index (χ3n) is 5.84. The number of carbonyl (C=O) groups is 3. The molecule has 3 aliphatic rings. The number of carbonyl (C=O) groups excluding carboxylic acids is 3. The summed E-state index contributed by atoms with van der Waals surface area (Å²) in [6, 6.07) is 5.26. The first-order valence-corrected chi connectivity index (χ1v) is 8.85. The zero-order valence-corrected chi connectivity index (χ0v) is 14.0. The van der Waals surface area contributed by atoms with Gasteiger partial charge < -0.3 is 4.90 Å². The lowest BCUT2D eigenvalue weighted by Gasteiger charge is -2.44. The Morgan fingerprint density at radius 2 is 1.71 bits per heavy atom. The average Bonchev–Trinajstić information content (AvgIpc) is 2.84. The summed E-state index contributed by atoms with van der Waals surface area (Å²) in [5.74, 6) is 0.0163. The summed E-state index contributed by atoms with van der Waals surface area (Å²) in [5.41, 5.74) is 1.27. The zero-order chi connectivity index (χ0) is 16.8. The fourth-order valence-electron chi connectivity index (χ4n) is 4.54. The predicted octanol–water partition coefficient (Wildman–Crippen LogP) is 2.71. The van der Waals surface area contributed by atoms with Crippen molar-refractivity contribution >= 4 is 17.7 Å². The SMILES string of the molecule is CN1C(=O)c2ccc(C(=O)N3CCC[C@H]4CCCC[C@@H]43)cc2C1=O. The van der Waals surface area contributed by atoms with Gasteiger partial charge in [-0.3, -0.25) is 19.3 Å². The minimum atomic E-state index is -0.321. The van der Waals surface area contributed by atoms with E-state index in [2.05, 4.69) is 0 Å². The van der Waals surface area contributed by atoms with Crippen LogP contribution in [-0.4, -0.2) is 47.2 Å². The van der Waals surface area contributed by atoms with Crippen LogP contribution in [-0.2, 0) is 0 Å². The molecular weight excluding hydrogens is 304 g/mol. The lowest BCUT2D eigenvalue weighted by molar-refractivity contribution is 0.0390. The van der Waals surface area contributed by atoms with Crippen molar-refractivity contribution in [3.05, 3.63) is 34.9 Å². The highest BCUT2D eigenvalue weighted by Crippen LogP contribution is 2.36. The number of amides is 3. The monoisotopic (exact) mass is 326 g/mol. The first-order chi connectivity index (χ1) is 11.6. The van der Waals surface area contributed by atoms with E-state index in [0.717, 1.165) is 24.3 Å². The predicted molar refractivity (Wildman–Crippen MR) is 88.9 cm³/mol. The van der Waals surface area contributed by atoms with Crippen LogP contribution in [0.1, 0.15) is 69.6 Å². The maximum Gasteiger partial charge on any atom is 0.261 e. The standard InChI is InChI=1S/C19H22N2O3/c1-20-18(23)14-9-8-13(11-15(14)19(20)24)17(22)21-10-4-6-12-5-2-3-7-16(12)21/h8-9,11-12,16H,2-7,10H2,1H3/t12-,16+/m1/s1. The Bertz CT molecular complexity index is 725. The van der Waals surface area contributed by atoms with Crippen molar-refractivity contribution in [2.45, 2.75) is 44.6 Å². The van der Waals surface area contributed by atoms with E-state index in [1.54, 1.807) is 18.2 Å². The third-order valence-corrected chi connectivity index (χ3v) is 5.84. The molecule has 0 aromatic heterocycles. The molecule has 2 atom stereocenters. The highest BCUT2D eigenvalue weighted by Gasteiger charge is 2.37. The van der Waals surface area contributed by atoms with Crippen LogP contribution in [0.3, 0.4) is 0 Å². The smallest absolute Gasteiger partial charge is 0.261 e. The molecule has 5 nitrogen and oxygen atoms in total. The van der Waals surface area contributed by atoms with Crippen molar-refractivity contribution in [3.8, 4) is 0 Å². The van der Waals surface area contributed by atoms with Gasteiger partial charge in [0.1, 0.15) is 0 Å². The van der Waals surface area contributed by atoms with Gasteiger partial charge in [0.15, 0.2) is 0 Å². The summed E-state index contributed by atoms with van der Waals surface area (Å²) in [6.07, 6.45) is 7.03. The minimum absolute atomic E-state index is 0.00389. The normalized spacial score (nSPS) is 26.4. The molecular formula is C19H22N2O3. The molecule has 24 heavy (non-hydrogen) atoms. The van der Waals surface area contributed by atoms with Gasteiger partial charge in [-0.15, -0.1) is 0 Å². The fourth-order valence-corrected chi connectivity index (χ4v) is 4.54. The van der Waals surface area contributed by atoms with E-state index < -0.39 is 0 Å². The fraction of sp³-hybridized carbons (Fsp3) is 0.526. The third kappa shape index (κ3) is 2.26. The Balaban J connectivity index is 1.63. The van der Waals surface area contributed by atoms with Crippen LogP contribution < -0.4 is 0 Å². The number of benzene rings is 1. The molecule has 1 saturated heterocycles. The molecule has 2 heterocycles. The summed E-state index contributed by atoms with van der Waals surface area (Å²) < 4.78 is 0. The molecule has 1 saturated carbocycles. The molecule has 2 aliphatic heterocycles. The van der Waals surface area contributed by atoms with Gasteiger partial charge in [0.05, 0.1) is 11.1 Å². The Labute approximate surface area is 141 Å². The topological polar surface area (TPSA) is 57.7 Å². The van der Waals surface area contributed by atoms with E-state index in [1.165, 1.54) is 32.7 Å². The summed E-state index contributed by atoms with van der Waals surface area (Å²) in [6.45, 7) is 0.796. The Morgan fingerprint density at radius 3 is 2.54 bits per heavy atom. The Kier molecular flexibility index (Phi) is 3.66. The van der Waals surface area contributed by atoms with E-state index >= 15 is 0 Å². The molecule has 5 heteroatoms. The summed E-state index contributed by atoms with van der Waals surface area (Å²) >= 11 is 0. The summed E-state index contributed by atoms with van der Waals surface area (Å²) in [4.78, 5) is 40.3. The summed E-state index contributed by atoms with van der Waals surface area (Å²) in [5, 5.41) is 0. The molecule has 1 aromatic rings. The van der Waals surface area contributed by atoms with Gasteiger partial charge in [0.25, 0.3) is 17.7 Å². The lowest BCUT2D eigenvalue weighted by Crippen LogP contribution is -2.49. The van der Waals surface area contributed by atoms with Gasteiger partial charge in [0.2, 0.25) is 0 Å². The number of hydrogen-bond donors (Lipinski definition) is 0. The van der Waals surface area contributed by atoms with Gasteiger partial charge in [-0.05, 0) is 49.8 Å². The van der Waals surface area contributed by atoms with Crippen molar-refractivity contribution < 1.29 is 14.4 Å². The van der Waals surface area contributed by atoms with Gasteiger partial charge >= 0.3 is 0 Å². The van der Waals surface area contributed by atoms with E-state index in [4.69, 9.17) is 0 Å². The molecule has 2 fully saturated rings. The molecule has 3 amide bonds. The Hall–Kier alpha value is -2.17. The number of nitrogens with zero attached hydrogens (tertiary/aromatic N) is 2. The number of piperidine rings is 1. The van der Waals surface area contributed by atoms with Gasteiger partial charge in [-0.2, -0.15) is 0 Å². The van der Waals surface area contributed by atoms with E-state index in [-0.39, 0.29) is 17.7 Å². The number of rotatable bonds is 1. The molecule has 0 spiro atoms. The molecule has 1 aromatic carbocycles. The minimum Gasteiger partial charge on any atom is -0.335 e. The van der Waals surface area contributed by atoms with Gasteiger partial charge in [-0.25, -0.2) is 0 Å². The average molecular weight is 326 g/mol. The quantitative estimate of drug-likeness (QED) is 0.746. The van der Waals surface area contributed by atoms with Crippen molar-refractivity contribution in [2.24, 2.45) is 5.92 Å². The van der Waals surface area contributed by atoms with Crippen LogP contribution in [0.4, 0.5) is 0 Å². The molecule has 0 N–H and O–H groups in total. The second kappa shape index (κ2) is 5.72. The molecule has 0 unspecified atom stereocenters. The molecule has 126 valence electrons. The first-order valence-electron chi connectivity index (χ1n) is 8.85. The lowest BCUT2D eigenvalue weighted by atomic mass is 9.78. The van der Waals surface area contributed by atoms with E-state index in [9.17, 15) is 14.4 Å². The van der Waals surface area contributed by atoms with Crippen LogP contribution in [0.25, 0.3) is 0 Å². The molecule has 0 bridgehead atoms. The maximum atomic E-state index is 13.0. The van der Waals surface area contributed by atoms with Crippen molar-refractivity contribution in [3.63, 3.8) is 0 Å². The zero-order valence-electron chi connectivity index (χ0n) is 14.0. The number of fused-ring (bicyclic) bond motifs is 2. The first kappa shape index (κ1) is 15.4. The van der Waals surface area contributed by atoms with E-state index in [1.807, 2.05) is 4.90 Å². The number of imide groups is 1. The van der Waals surface area contributed by atoms with Crippen molar-refractivity contribution in [1.82, 2.24) is 9.80 Å². The molecule has 4 rings (SSSR count). The number of likely N-dealkylation sites (tertiary alicyclic amines) is 1. The van der Waals surface area contributed by atoms with Crippen LogP contribution in [0.5, 0.6) is 0 Å². The van der Waals surface area contributed by atoms with Gasteiger partial charge in [0, 0.05) is 25.2 Å². The van der Waals surface area contributed by atoms with Gasteiger partial charge in [-0.1, -0.05) is 12.8 Å². The second-order valence-electron chi connectivity index (χ2n) is 7.18. The van der Waals surface area contributed by atoms with Crippen LogP contribution in [0, 0.1) is 5.92 Å². The van der Waals surface area contributed by atoms with Crippen molar-refractivity contribution in [2.75, 3.05) is 13.6 Å². The maximum absolute atomic E-state index is 13.0. The number of hydrogen-bond acceptors (Lipinski definition) is 3. The molecule has 0 radical (unpaired) electrons. The van der Waals surface area contributed by atoms with Crippen LogP contribution in [0.2, 0.25) is 0 Å². The van der Waals surface area contributed by atoms with E-state index in [0.29, 0.717) is 28.7 Å². The van der Waals surface area contributed by atoms with Crippen LogP contribution >= 0.6 is 0 Å². The largest absolute Gasteiger partial charge is 0.335 e. The van der Waals surface area contributed by atoms with Crippen molar-refractivity contribution in [1.29, 1.82) is 0 Å². The highest BCUT2D eigenvalue weighted by molar-refractivity contribution is 6.21. The summed E-state index contributed by atoms with van der Waals surface area (Å²) in [7, 11) is 1.48. The Morgan fingerprint density at radius 1 is 1.00 bits per heavy atom.